The molecule has 1 heterocycles. The molecule has 1 atom stereocenters. The molecule has 0 saturated carbocycles. The van der Waals surface area contributed by atoms with Gasteiger partial charge in [0.05, 0.1) is 12.3 Å². The van der Waals surface area contributed by atoms with Gasteiger partial charge in [-0.05, 0) is 48.7 Å². The lowest BCUT2D eigenvalue weighted by molar-refractivity contribution is 0.415. The minimum absolute atomic E-state index is 0.103. The normalized spacial score (nSPS) is 12.6. The van der Waals surface area contributed by atoms with E-state index in [0.29, 0.717) is 6.42 Å². The standard InChI is InChI=1S/C13H15FN2O/c1-9-7-11(14)5-4-10(9)8-12(16-15)13-3-2-6-17-13/h2-7,12,16H,8,15H2,1H3. The van der Waals surface area contributed by atoms with Crippen molar-refractivity contribution in [3.05, 3.63) is 59.3 Å². The maximum atomic E-state index is 13.0. The van der Waals surface area contributed by atoms with Crippen LogP contribution in [0.4, 0.5) is 4.39 Å². The summed E-state index contributed by atoms with van der Waals surface area (Å²) in [5.41, 5.74) is 4.67. The quantitative estimate of drug-likeness (QED) is 0.631. The summed E-state index contributed by atoms with van der Waals surface area (Å²) in [6, 6.07) is 8.33. The van der Waals surface area contributed by atoms with Gasteiger partial charge in [-0.3, -0.25) is 5.84 Å². The van der Waals surface area contributed by atoms with Crippen LogP contribution in [-0.4, -0.2) is 0 Å². The Morgan fingerprint density at radius 1 is 1.41 bits per heavy atom. The van der Waals surface area contributed by atoms with Gasteiger partial charge in [0, 0.05) is 0 Å². The van der Waals surface area contributed by atoms with Crippen molar-refractivity contribution in [3.8, 4) is 0 Å². The van der Waals surface area contributed by atoms with Crippen LogP contribution in [0.1, 0.15) is 22.9 Å². The van der Waals surface area contributed by atoms with Gasteiger partial charge in [-0.15, -0.1) is 0 Å². The van der Waals surface area contributed by atoms with E-state index in [1.807, 2.05) is 19.1 Å². The molecule has 3 nitrogen and oxygen atoms in total. The molecule has 2 rings (SSSR count). The first-order chi connectivity index (χ1) is 8.20. The second-order valence-corrected chi connectivity index (χ2v) is 4.01. The fraction of sp³-hybridized carbons (Fsp3) is 0.231. The fourth-order valence-corrected chi connectivity index (χ4v) is 1.84. The topological polar surface area (TPSA) is 51.2 Å². The van der Waals surface area contributed by atoms with Crippen molar-refractivity contribution < 1.29 is 8.81 Å². The number of nitrogens with two attached hydrogens (primary N) is 1. The fourth-order valence-electron chi connectivity index (χ4n) is 1.84. The van der Waals surface area contributed by atoms with Crippen LogP contribution >= 0.6 is 0 Å². The molecule has 0 aliphatic heterocycles. The lowest BCUT2D eigenvalue weighted by Crippen LogP contribution is -2.29. The number of aryl methyl sites for hydroxylation is 1. The van der Waals surface area contributed by atoms with Crippen LogP contribution in [0.2, 0.25) is 0 Å². The second-order valence-electron chi connectivity index (χ2n) is 4.01. The molecule has 0 aliphatic rings. The van der Waals surface area contributed by atoms with Crippen LogP contribution in [0.3, 0.4) is 0 Å². The number of benzene rings is 1. The zero-order chi connectivity index (χ0) is 12.3. The number of rotatable bonds is 4. The van der Waals surface area contributed by atoms with Gasteiger partial charge >= 0.3 is 0 Å². The second kappa shape index (κ2) is 5.12. The summed E-state index contributed by atoms with van der Waals surface area (Å²) in [7, 11) is 0. The van der Waals surface area contributed by atoms with E-state index in [4.69, 9.17) is 10.3 Å². The molecule has 90 valence electrons. The minimum Gasteiger partial charge on any atom is -0.468 e. The first kappa shape index (κ1) is 11.8. The van der Waals surface area contributed by atoms with Crippen LogP contribution < -0.4 is 11.3 Å². The summed E-state index contributed by atoms with van der Waals surface area (Å²) in [6.45, 7) is 1.88. The third-order valence-corrected chi connectivity index (χ3v) is 2.82. The predicted molar refractivity (Wildman–Crippen MR) is 63.6 cm³/mol. The molecule has 1 aromatic carbocycles. The van der Waals surface area contributed by atoms with Crippen molar-refractivity contribution >= 4 is 0 Å². The van der Waals surface area contributed by atoms with Crippen LogP contribution in [0.25, 0.3) is 0 Å². The van der Waals surface area contributed by atoms with Gasteiger partial charge in [-0.2, -0.15) is 0 Å². The first-order valence-corrected chi connectivity index (χ1v) is 5.45. The van der Waals surface area contributed by atoms with E-state index in [2.05, 4.69) is 5.43 Å². The highest BCUT2D eigenvalue weighted by atomic mass is 19.1. The Labute approximate surface area is 99.4 Å². The SMILES string of the molecule is Cc1cc(F)ccc1CC(NN)c1ccco1. The average molecular weight is 234 g/mol. The maximum Gasteiger partial charge on any atom is 0.123 e. The molecule has 2 aromatic rings. The molecule has 4 heteroatoms. The lowest BCUT2D eigenvalue weighted by atomic mass is 10.00. The Kier molecular flexibility index (Phi) is 3.56. The smallest absolute Gasteiger partial charge is 0.123 e. The van der Waals surface area contributed by atoms with Gasteiger partial charge < -0.3 is 4.42 Å². The Bertz CT molecular complexity index is 482. The summed E-state index contributed by atoms with van der Waals surface area (Å²) < 4.78 is 18.3. The summed E-state index contributed by atoms with van der Waals surface area (Å²) >= 11 is 0. The van der Waals surface area contributed by atoms with Crippen molar-refractivity contribution in [1.29, 1.82) is 0 Å². The number of hydrogen-bond donors (Lipinski definition) is 2. The Balaban J connectivity index is 2.19. The first-order valence-electron chi connectivity index (χ1n) is 5.45. The van der Waals surface area contributed by atoms with Crippen molar-refractivity contribution in [3.63, 3.8) is 0 Å². The van der Waals surface area contributed by atoms with E-state index >= 15 is 0 Å². The minimum atomic E-state index is -0.221. The zero-order valence-electron chi connectivity index (χ0n) is 9.61. The third-order valence-electron chi connectivity index (χ3n) is 2.82. The van der Waals surface area contributed by atoms with Crippen molar-refractivity contribution in [2.75, 3.05) is 0 Å². The number of halogens is 1. The Morgan fingerprint density at radius 3 is 2.82 bits per heavy atom. The van der Waals surface area contributed by atoms with Crippen LogP contribution in [0, 0.1) is 12.7 Å². The highest BCUT2D eigenvalue weighted by molar-refractivity contribution is 5.28. The van der Waals surface area contributed by atoms with Gasteiger partial charge in [-0.1, -0.05) is 6.07 Å². The van der Waals surface area contributed by atoms with E-state index in [-0.39, 0.29) is 11.9 Å². The molecule has 0 bridgehead atoms. The molecule has 0 aliphatic carbocycles. The van der Waals surface area contributed by atoms with Crippen molar-refractivity contribution in [1.82, 2.24) is 5.43 Å². The molecule has 0 amide bonds. The van der Waals surface area contributed by atoms with Gasteiger partial charge in [0.2, 0.25) is 0 Å². The van der Waals surface area contributed by atoms with Crippen molar-refractivity contribution in [2.45, 2.75) is 19.4 Å². The molecule has 0 fully saturated rings. The molecule has 1 aromatic heterocycles. The summed E-state index contributed by atoms with van der Waals surface area (Å²) in [5.74, 6) is 6.06. The molecule has 1 unspecified atom stereocenters. The van der Waals surface area contributed by atoms with Gasteiger partial charge in [0.1, 0.15) is 11.6 Å². The van der Waals surface area contributed by atoms with Gasteiger partial charge in [0.25, 0.3) is 0 Å². The van der Waals surface area contributed by atoms with Gasteiger partial charge in [-0.25, -0.2) is 9.82 Å². The van der Waals surface area contributed by atoms with Gasteiger partial charge in [0.15, 0.2) is 0 Å². The molecule has 0 spiro atoms. The number of hydrogen-bond acceptors (Lipinski definition) is 3. The van der Waals surface area contributed by atoms with Crippen LogP contribution in [-0.2, 0) is 6.42 Å². The highest BCUT2D eigenvalue weighted by Gasteiger charge is 2.14. The maximum absolute atomic E-state index is 13.0. The molecule has 17 heavy (non-hydrogen) atoms. The van der Waals surface area contributed by atoms with E-state index in [1.54, 1.807) is 12.3 Å². The summed E-state index contributed by atoms with van der Waals surface area (Å²) in [6.07, 6.45) is 2.27. The number of hydrazine groups is 1. The summed E-state index contributed by atoms with van der Waals surface area (Å²) in [4.78, 5) is 0. The monoisotopic (exact) mass is 234 g/mol. The number of nitrogens with one attached hydrogen (secondary N) is 1. The largest absolute Gasteiger partial charge is 0.468 e. The average Bonchev–Trinajstić information content (AvgIpc) is 2.81. The summed E-state index contributed by atoms with van der Waals surface area (Å²) in [5, 5.41) is 0. The van der Waals surface area contributed by atoms with E-state index < -0.39 is 0 Å². The molecular weight excluding hydrogens is 219 g/mol. The predicted octanol–water partition coefficient (Wildman–Crippen LogP) is 2.47. The molecule has 0 radical (unpaired) electrons. The van der Waals surface area contributed by atoms with E-state index in [0.717, 1.165) is 16.9 Å². The van der Waals surface area contributed by atoms with Crippen LogP contribution in [0.15, 0.2) is 41.0 Å². The highest BCUT2D eigenvalue weighted by Crippen LogP contribution is 2.20. The molecule has 3 N–H and O–H groups in total. The zero-order valence-corrected chi connectivity index (χ0v) is 9.61. The Morgan fingerprint density at radius 2 is 2.24 bits per heavy atom. The van der Waals surface area contributed by atoms with Crippen molar-refractivity contribution in [2.24, 2.45) is 5.84 Å². The Hall–Kier alpha value is -1.65. The van der Waals surface area contributed by atoms with E-state index in [9.17, 15) is 4.39 Å². The third kappa shape index (κ3) is 2.72. The lowest BCUT2D eigenvalue weighted by Gasteiger charge is -2.14. The molecule has 0 saturated heterocycles. The molecular formula is C13H15FN2O. The van der Waals surface area contributed by atoms with E-state index in [1.165, 1.54) is 12.1 Å². The number of furan rings is 1. The van der Waals surface area contributed by atoms with Crippen LogP contribution in [0.5, 0.6) is 0 Å².